The smallest absolute Gasteiger partial charge is 0.122 e. The molecule has 0 saturated heterocycles. The lowest BCUT2D eigenvalue weighted by Gasteiger charge is -1.99. The van der Waals surface area contributed by atoms with Crippen molar-refractivity contribution in [3.05, 3.63) is 36.0 Å². The molecule has 0 radical (unpaired) electrons. The fourth-order valence-corrected chi connectivity index (χ4v) is 0.721. The van der Waals surface area contributed by atoms with Crippen LogP contribution < -0.4 is 0 Å². The van der Waals surface area contributed by atoms with Gasteiger partial charge in [-0.15, -0.1) is 0 Å². The molecule has 0 saturated carbocycles. The zero-order valence-corrected chi connectivity index (χ0v) is 7.34. The lowest BCUT2D eigenvalue weighted by Crippen LogP contribution is -1.94. The van der Waals surface area contributed by atoms with Gasteiger partial charge in [-0.05, 0) is 26.3 Å². The first-order valence-corrected chi connectivity index (χ1v) is 3.82. The van der Waals surface area contributed by atoms with Gasteiger partial charge in [0, 0.05) is 0 Å². The molecule has 1 unspecified atom stereocenters. The molecule has 0 N–H and O–H groups in total. The van der Waals surface area contributed by atoms with Crippen LogP contribution in [0, 0.1) is 0 Å². The van der Waals surface area contributed by atoms with Crippen LogP contribution in [0.2, 0.25) is 0 Å². The van der Waals surface area contributed by atoms with Gasteiger partial charge in [-0.1, -0.05) is 30.4 Å². The number of hydrogen-bond donors (Lipinski definition) is 0. The van der Waals surface area contributed by atoms with Crippen molar-refractivity contribution in [2.75, 3.05) is 0 Å². The summed E-state index contributed by atoms with van der Waals surface area (Å²) in [5, 5.41) is 0. The highest BCUT2D eigenvalue weighted by Gasteiger charge is 1.99. The van der Waals surface area contributed by atoms with Gasteiger partial charge in [0.05, 0.1) is 0 Å². The summed E-state index contributed by atoms with van der Waals surface area (Å²) in [4.78, 5) is 0. The Labute approximate surface area is 68.1 Å². The second-order valence-electron chi connectivity index (χ2n) is 2.31. The quantitative estimate of drug-likeness (QED) is 0.546. The van der Waals surface area contributed by atoms with E-state index in [2.05, 4.69) is 0 Å². The van der Waals surface area contributed by atoms with Crippen LogP contribution in [0.5, 0.6) is 0 Å². The molecule has 0 nitrogen and oxygen atoms in total. The second-order valence-corrected chi connectivity index (χ2v) is 2.31. The molecule has 1 atom stereocenters. The molecule has 0 aromatic rings. The number of halogens is 1. The van der Waals surface area contributed by atoms with Crippen LogP contribution in [0.4, 0.5) is 4.39 Å². The fourth-order valence-electron chi connectivity index (χ4n) is 0.721. The van der Waals surface area contributed by atoms with Crippen LogP contribution in [0.1, 0.15) is 20.8 Å². The van der Waals surface area contributed by atoms with E-state index in [0.717, 1.165) is 0 Å². The predicted molar refractivity (Wildman–Crippen MR) is 48.3 cm³/mol. The largest absolute Gasteiger partial charge is 0.243 e. The van der Waals surface area contributed by atoms with Crippen molar-refractivity contribution in [3.63, 3.8) is 0 Å². The molecule has 0 aromatic carbocycles. The third-order valence-electron chi connectivity index (χ3n) is 1.30. The first-order valence-electron chi connectivity index (χ1n) is 3.82. The summed E-state index contributed by atoms with van der Waals surface area (Å²) in [5.74, 6) is 0. The van der Waals surface area contributed by atoms with E-state index in [1.165, 1.54) is 6.92 Å². The Kier molecular flexibility index (Phi) is 5.44. The van der Waals surface area contributed by atoms with Gasteiger partial charge >= 0.3 is 0 Å². The zero-order chi connectivity index (χ0) is 8.69. The van der Waals surface area contributed by atoms with Gasteiger partial charge in [0.15, 0.2) is 0 Å². The van der Waals surface area contributed by atoms with Gasteiger partial charge in [0.25, 0.3) is 0 Å². The molecule has 0 rings (SSSR count). The van der Waals surface area contributed by atoms with Gasteiger partial charge in [-0.25, -0.2) is 4.39 Å². The van der Waals surface area contributed by atoms with E-state index in [1.807, 2.05) is 32.1 Å². The third kappa shape index (κ3) is 4.54. The van der Waals surface area contributed by atoms with Crippen LogP contribution in [-0.2, 0) is 0 Å². The Morgan fingerprint density at radius 1 is 1.27 bits per heavy atom. The van der Waals surface area contributed by atoms with Gasteiger partial charge < -0.3 is 0 Å². The van der Waals surface area contributed by atoms with Crippen molar-refractivity contribution in [2.45, 2.75) is 26.9 Å². The molecule has 0 aliphatic heterocycles. The van der Waals surface area contributed by atoms with E-state index in [-0.39, 0.29) is 0 Å². The van der Waals surface area contributed by atoms with E-state index in [1.54, 1.807) is 12.2 Å². The summed E-state index contributed by atoms with van der Waals surface area (Å²) in [6.45, 7) is 5.33. The highest BCUT2D eigenvalue weighted by molar-refractivity contribution is 5.26. The number of alkyl halides is 1. The molecule has 11 heavy (non-hydrogen) atoms. The molecular weight excluding hydrogens is 139 g/mol. The predicted octanol–water partition coefficient (Wildman–Crippen LogP) is 3.42. The Hall–Kier alpha value is -0.850. The molecule has 0 spiro atoms. The van der Waals surface area contributed by atoms with Gasteiger partial charge in [0.2, 0.25) is 0 Å². The SMILES string of the molecule is C\C=C/C=C(\C=C/C)C(C)F. The van der Waals surface area contributed by atoms with Gasteiger partial charge in [-0.3, -0.25) is 0 Å². The molecule has 0 bridgehead atoms. The normalized spacial score (nSPS) is 16.5. The van der Waals surface area contributed by atoms with Crippen LogP contribution in [0.3, 0.4) is 0 Å². The number of rotatable bonds is 3. The van der Waals surface area contributed by atoms with Crippen LogP contribution in [0.25, 0.3) is 0 Å². The number of allylic oxidation sites excluding steroid dienone is 6. The van der Waals surface area contributed by atoms with Crippen molar-refractivity contribution in [1.29, 1.82) is 0 Å². The Balaban J connectivity index is 4.32. The van der Waals surface area contributed by atoms with E-state index >= 15 is 0 Å². The molecule has 0 aromatic heterocycles. The second kappa shape index (κ2) is 5.90. The van der Waals surface area contributed by atoms with Crippen molar-refractivity contribution in [3.8, 4) is 0 Å². The minimum atomic E-state index is -0.887. The van der Waals surface area contributed by atoms with Crippen LogP contribution in [0.15, 0.2) is 36.0 Å². The third-order valence-corrected chi connectivity index (χ3v) is 1.30. The zero-order valence-electron chi connectivity index (χ0n) is 7.34. The molecule has 0 aliphatic carbocycles. The molecule has 0 amide bonds. The van der Waals surface area contributed by atoms with Gasteiger partial charge in [0.1, 0.15) is 6.17 Å². The maximum Gasteiger partial charge on any atom is 0.122 e. The Bertz CT molecular complexity index is 173. The van der Waals surface area contributed by atoms with Crippen LogP contribution in [-0.4, -0.2) is 6.17 Å². The number of hydrogen-bond acceptors (Lipinski definition) is 0. The summed E-state index contributed by atoms with van der Waals surface area (Å²) in [7, 11) is 0. The summed E-state index contributed by atoms with van der Waals surface area (Å²) in [6.07, 6.45) is 8.24. The first kappa shape index (κ1) is 10.2. The first-order chi connectivity index (χ1) is 5.22. The van der Waals surface area contributed by atoms with Crippen LogP contribution >= 0.6 is 0 Å². The maximum absolute atomic E-state index is 12.7. The monoisotopic (exact) mass is 154 g/mol. The lowest BCUT2D eigenvalue weighted by atomic mass is 10.1. The molecule has 62 valence electrons. The summed E-state index contributed by atoms with van der Waals surface area (Å²) in [6, 6.07) is 0. The topological polar surface area (TPSA) is 0 Å². The highest BCUT2D eigenvalue weighted by atomic mass is 19.1. The Morgan fingerprint density at radius 2 is 1.91 bits per heavy atom. The average molecular weight is 154 g/mol. The van der Waals surface area contributed by atoms with Gasteiger partial charge in [-0.2, -0.15) is 0 Å². The van der Waals surface area contributed by atoms with Crippen molar-refractivity contribution in [1.82, 2.24) is 0 Å². The average Bonchev–Trinajstić information content (AvgIpc) is 1.97. The van der Waals surface area contributed by atoms with Crippen molar-refractivity contribution in [2.24, 2.45) is 0 Å². The molecule has 0 heterocycles. The van der Waals surface area contributed by atoms with E-state index in [9.17, 15) is 4.39 Å². The minimum Gasteiger partial charge on any atom is -0.243 e. The fraction of sp³-hybridized carbons (Fsp3) is 0.400. The van der Waals surface area contributed by atoms with E-state index < -0.39 is 6.17 Å². The minimum absolute atomic E-state index is 0.714. The summed E-state index contributed by atoms with van der Waals surface area (Å²) in [5.41, 5.74) is 0.714. The molecule has 1 heteroatoms. The standard InChI is InChI=1S/C10H15F/c1-4-6-8-10(7-5-2)9(3)11/h4-9H,1-3H3/b6-4-,7-5-,10-8+. The molecule has 0 aliphatic rings. The molecule has 0 fully saturated rings. The molecular formula is C10H15F. The highest BCUT2D eigenvalue weighted by Crippen LogP contribution is 2.07. The summed E-state index contributed by atoms with van der Waals surface area (Å²) >= 11 is 0. The maximum atomic E-state index is 12.7. The Morgan fingerprint density at radius 3 is 2.27 bits per heavy atom. The van der Waals surface area contributed by atoms with E-state index in [4.69, 9.17) is 0 Å². The lowest BCUT2D eigenvalue weighted by molar-refractivity contribution is 0.417. The van der Waals surface area contributed by atoms with Crippen molar-refractivity contribution >= 4 is 0 Å². The van der Waals surface area contributed by atoms with E-state index in [0.29, 0.717) is 5.57 Å². The van der Waals surface area contributed by atoms with Crippen molar-refractivity contribution < 1.29 is 4.39 Å². The summed E-state index contributed by atoms with van der Waals surface area (Å²) < 4.78 is 12.7.